The van der Waals surface area contributed by atoms with Crippen LogP contribution in [0, 0.1) is 0 Å². The number of hydrogen-bond donors (Lipinski definition) is 1. The molecule has 1 unspecified atom stereocenters. The molecule has 1 aromatic rings. The van der Waals surface area contributed by atoms with E-state index >= 15 is 0 Å². The monoisotopic (exact) mass is 221 g/mol. The zero-order valence-corrected chi connectivity index (χ0v) is 10.1. The molecule has 1 atom stereocenters. The van der Waals surface area contributed by atoms with Crippen LogP contribution >= 0.6 is 0 Å². The van der Waals surface area contributed by atoms with Crippen LogP contribution in [0.5, 0.6) is 5.75 Å². The molecule has 0 radical (unpaired) electrons. The molecular weight excluding hydrogens is 202 g/mol. The number of benzene rings is 1. The van der Waals surface area contributed by atoms with Crippen LogP contribution in [0.4, 0.5) is 0 Å². The van der Waals surface area contributed by atoms with Crippen molar-refractivity contribution in [2.24, 2.45) is 0 Å². The number of carbonyl (C=O) groups excluding carboxylic acids is 1. The Morgan fingerprint density at radius 3 is 2.50 bits per heavy atom. The first kappa shape index (κ1) is 12.6. The number of hydrogen-bond acceptors (Lipinski definition) is 2. The van der Waals surface area contributed by atoms with Gasteiger partial charge in [0.2, 0.25) is 0 Å². The van der Waals surface area contributed by atoms with E-state index in [0.717, 1.165) is 12.2 Å². The third kappa shape index (κ3) is 3.57. The number of nitrogens with one attached hydrogen (secondary N) is 1. The van der Waals surface area contributed by atoms with E-state index in [4.69, 9.17) is 4.74 Å². The largest absolute Gasteiger partial charge is 0.484 e. The van der Waals surface area contributed by atoms with Crippen LogP contribution in [-0.4, -0.2) is 19.6 Å². The molecule has 16 heavy (non-hydrogen) atoms. The summed E-state index contributed by atoms with van der Waals surface area (Å²) in [6.07, 6.45) is 1.12. The number of rotatable bonds is 5. The minimum Gasteiger partial charge on any atom is -0.484 e. The quantitative estimate of drug-likeness (QED) is 0.828. The highest BCUT2D eigenvalue weighted by molar-refractivity contribution is 5.77. The Hall–Kier alpha value is -1.51. The maximum Gasteiger partial charge on any atom is 0.257 e. The average Bonchev–Trinajstić information content (AvgIpc) is 2.35. The van der Waals surface area contributed by atoms with Crippen molar-refractivity contribution in [2.75, 3.05) is 13.7 Å². The van der Waals surface area contributed by atoms with Crippen LogP contribution in [0.15, 0.2) is 24.3 Å². The average molecular weight is 221 g/mol. The van der Waals surface area contributed by atoms with Gasteiger partial charge in [-0.3, -0.25) is 4.79 Å². The molecule has 1 N–H and O–H groups in total. The van der Waals surface area contributed by atoms with E-state index in [2.05, 4.69) is 19.2 Å². The first-order chi connectivity index (χ1) is 7.67. The summed E-state index contributed by atoms with van der Waals surface area (Å²) in [4.78, 5) is 11.0. The molecule has 0 saturated carbocycles. The van der Waals surface area contributed by atoms with Gasteiger partial charge >= 0.3 is 0 Å². The maximum atomic E-state index is 11.0. The molecule has 0 bridgehead atoms. The summed E-state index contributed by atoms with van der Waals surface area (Å²) < 4.78 is 5.32. The maximum absolute atomic E-state index is 11.0. The van der Waals surface area contributed by atoms with Crippen molar-refractivity contribution in [3.63, 3.8) is 0 Å². The van der Waals surface area contributed by atoms with Crippen molar-refractivity contribution < 1.29 is 9.53 Å². The third-order valence-electron chi connectivity index (χ3n) is 2.71. The zero-order valence-electron chi connectivity index (χ0n) is 10.1. The Kier molecular flexibility index (Phi) is 4.83. The Labute approximate surface area is 96.8 Å². The van der Waals surface area contributed by atoms with E-state index in [0.29, 0.717) is 5.92 Å². The fraction of sp³-hybridized carbons (Fsp3) is 0.462. The van der Waals surface area contributed by atoms with E-state index in [1.807, 2.05) is 24.3 Å². The van der Waals surface area contributed by atoms with Crippen molar-refractivity contribution in [2.45, 2.75) is 26.2 Å². The molecule has 1 aromatic carbocycles. The first-order valence-electron chi connectivity index (χ1n) is 5.60. The zero-order chi connectivity index (χ0) is 12.0. The summed E-state index contributed by atoms with van der Waals surface area (Å²) in [5.74, 6) is 1.18. The summed E-state index contributed by atoms with van der Waals surface area (Å²) in [6, 6.07) is 7.91. The normalized spacial score (nSPS) is 11.9. The second kappa shape index (κ2) is 6.16. The number of carbonyl (C=O) groups is 1. The molecule has 0 fully saturated rings. The van der Waals surface area contributed by atoms with Gasteiger partial charge in [0.25, 0.3) is 5.91 Å². The smallest absolute Gasteiger partial charge is 0.257 e. The van der Waals surface area contributed by atoms with Gasteiger partial charge in [-0.15, -0.1) is 0 Å². The summed E-state index contributed by atoms with van der Waals surface area (Å²) in [5, 5.41) is 2.51. The molecule has 1 rings (SSSR count). The highest BCUT2D eigenvalue weighted by Gasteiger charge is 2.03. The second-order valence-electron chi connectivity index (χ2n) is 3.84. The summed E-state index contributed by atoms with van der Waals surface area (Å²) in [6.45, 7) is 4.43. The topological polar surface area (TPSA) is 38.3 Å². The summed E-state index contributed by atoms with van der Waals surface area (Å²) >= 11 is 0. The van der Waals surface area contributed by atoms with Gasteiger partial charge in [-0.25, -0.2) is 0 Å². The van der Waals surface area contributed by atoms with E-state index < -0.39 is 0 Å². The molecule has 1 amide bonds. The van der Waals surface area contributed by atoms with Crippen LogP contribution in [0.1, 0.15) is 31.7 Å². The lowest BCUT2D eigenvalue weighted by atomic mass is 9.99. The molecule has 88 valence electrons. The number of amides is 1. The number of ether oxygens (including phenoxy) is 1. The predicted octanol–water partition coefficient (Wildman–Crippen LogP) is 2.32. The number of likely N-dealkylation sites (N-methyl/N-ethyl adjacent to an activating group) is 1. The van der Waals surface area contributed by atoms with Gasteiger partial charge in [0.15, 0.2) is 6.61 Å². The van der Waals surface area contributed by atoms with Gasteiger partial charge in [-0.2, -0.15) is 0 Å². The fourth-order valence-electron chi connectivity index (χ4n) is 1.35. The predicted molar refractivity (Wildman–Crippen MR) is 64.7 cm³/mol. The molecule has 0 aliphatic carbocycles. The van der Waals surface area contributed by atoms with Gasteiger partial charge in [0.05, 0.1) is 0 Å². The van der Waals surface area contributed by atoms with Crippen LogP contribution < -0.4 is 10.1 Å². The standard InChI is InChI=1S/C13H19NO2/c1-4-10(2)11-5-7-12(8-6-11)16-9-13(15)14-3/h5-8,10H,4,9H2,1-3H3,(H,14,15). The van der Waals surface area contributed by atoms with Crippen molar-refractivity contribution in [1.82, 2.24) is 5.32 Å². The third-order valence-corrected chi connectivity index (χ3v) is 2.71. The van der Waals surface area contributed by atoms with Gasteiger partial charge < -0.3 is 10.1 Å². The minimum atomic E-state index is -0.119. The van der Waals surface area contributed by atoms with E-state index in [-0.39, 0.29) is 12.5 Å². The summed E-state index contributed by atoms with van der Waals surface area (Å²) in [5.41, 5.74) is 1.30. The van der Waals surface area contributed by atoms with Crippen molar-refractivity contribution in [1.29, 1.82) is 0 Å². The lowest BCUT2D eigenvalue weighted by molar-refractivity contribution is -0.122. The Bertz CT molecular complexity index is 332. The molecule has 0 aliphatic rings. The second-order valence-corrected chi connectivity index (χ2v) is 3.84. The molecule has 3 nitrogen and oxygen atoms in total. The van der Waals surface area contributed by atoms with E-state index in [1.54, 1.807) is 7.05 Å². The molecule has 0 spiro atoms. The fourth-order valence-corrected chi connectivity index (χ4v) is 1.35. The van der Waals surface area contributed by atoms with Crippen LogP contribution in [0.2, 0.25) is 0 Å². The lowest BCUT2D eigenvalue weighted by Gasteiger charge is -2.10. The molecule has 0 heterocycles. The van der Waals surface area contributed by atoms with Crippen LogP contribution in [-0.2, 0) is 4.79 Å². The van der Waals surface area contributed by atoms with Gasteiger partial charge in [0.1, 0.15) is 5.75 Å². The highest BCUT2D eigenvalue weighted by atomic mass is 16.5. The molecule has 0 aromatic heterocycles. The van der Waals surface area contributed by atoms with E-state index in [1.165, 1.54) is 5.56 Å². The first-order valence-corrected chi connectivity index (χ1v) is 5.60. The van der Waals surface area contributed by atoms with Gasteiger partial charge in [-0.05, 0) is 30.0 Å². The van der Waals surface area contributed by atoms with Crippen molar-refractivity contribution in [3.05, 3.63) is 29.8 Å². The Morgan fingerprint density at radius 2 is 2.00 bits per heavy atom. The van der Waals surface area contributed by atoms with Gasteiger partial charge in [-0.1, -0.05) is 26.0 Å². The van der Waals surface area contributed by atoms with Crippen LogP contribution in [0.3, 0.4) is 0 Å². The SMILES string of the molecule is CCC(C)c1ccc(OCC(=O)NC)cc1. The molecule has 0 saturated heterocycles. The Balaban J connectivity index is 2.54. The van der Waals surface area contributed by atoms with E-state index in [9.17, 15) is 4.79 Å². The minimum absolute atomic E-state index is 0.0686. The molecular formula is C13H19NO2. The lowest BCUT2D eigenvalue weighted by Crippen LogP contribution is -2.24. The van der Waals surface area contributed by atoms with Crippen molar-refractivity contribution >= 4 is 5.91 Å². The Morgan fingerprint density at radius 1 is 1.38 bits per heavy atom. The van der Waals surface area contributed by atoms with Crippen molar-refractivity contribution in [3.8, 4) is 5.75 Å². The highest BCUT2D eigenvalue weighted by Crippen LogP contribution is 2.21. The van der Waals surface area contributed by atoms with Gasteiger partial charge in [0, 0.05) is 7.05 Å². The molecule has 3 heteroatoms. The summed E-state index contributed by atoms with van der Waals surface area (Å²) in [7, 11) is 1.59. The molecule has 0 aliphatic heterocycles. The van der Waals surface area contributed by atoms with Crippen LogP contribution in [0.25, 0.3) is 0 Å².